The summed E-state index contributed by atoms with van der Waals surface area (Å²) in [7, 11) is 0. The fraction of sp³-hybridized carbons (Fsp3) is 0.200. The third-order valence-electron chi connectivity index (χ3n) is 2.96. The van der Waals surface area contributed by atoms with Gasteiger partial charge in [0.05, 0.1) is 15.4 Å². The van der Waals surface area contributed by atoms with Crippen LogP contribution in [0.1, 0.15) is 22.1 Å². The van der Waals surface area contributed by atoms with E-state index in [1.54, 1.807) is 6.07 Å². The summed E-state index contributed by atoms with van der Waals surface area (Å²) >= 11 is 24.6. The van der Waals surface area contributed by atoms with Crippen LogP contribution in [0.2, 0.25) is 15.1 Å². The molecule has 0 amide bonds. The van der Waals surface area contributed by atoms with Crippen LogP contribution in [-0.2, 0) is 6.42 Å². The molecule has 0 fully saturated rings. The topological polar surface area (TPSA) is 0 Å². The Balaban J connectivity index is 2.23. The van der Waals surface area contributed by atoms with Gasteiger partial charge in [-0.25, -0.2) is 0 Å². The molecule has 0 radical (unpaired) electrons. The summed E-state index contributed by atoms with van der Waals surface area (Å²) in [5.74, 6) is 0. The van der Waals surface area contributed by atoms with Gasteiger partial charge in [-0.05, 0) is 42.2 Å². The summed E-state index contributed by atoms with van der Waals surface area (Å²) < 4.78 is 0. The minimum Gasteiger partial charge on any atom is -0.117 e. The first-order chi connectivity index (χ1) is 8.99. The van der Waals surface area contributed by atoms with Crippen molar-refractivity contribution in [3.05, 3.63) is 68.2 Å². The van der Waals surface area contributed by atoms with E-state index in [1.807, 2.05) is 37.3 Å². The van der Waals surface area contributed by atoms with Crippen LogP contribution < -0.4 is 0 Å². The molecule has 0 bridgehead atoms. The summed E-state index contributed by atoms with van der Waals surface area (Å²) in [6.45, 7) is 1.97. The van der Waals surface area contributed by atoms with Gasteiger partial charge in [0.25, 0.3) is 0 Å². The van der Waals surface area contributed by atoms with E-state index in [1.165, 1.54) is 0 Å². The Labute approximate surface area is 133 Å². The smallest absolute Gasteiger partial charge is 0.0640 e. The maximum absolute atomic E-state index is 6.45. The molecule has 19 heavy (non-hydrogen) atoms. The maximum Gasteiger partial charge on any atom is 0.0640 e. The van der Waals surface area contributed by atoms with Crippen molar-refractivity contribution in [1.29, 1.82) is 0 Å². The van der Waals surface area contributed by atoms with Gasteiger partial charge in [0.2, 0.25) is 0 Å². The minimum atomic E-state index is -0.190. The van der Waals surface area contributed by atoms with Crippen molar-refractivity contribution < 1.29 is 0 Å². The molecule has 2 aromatic rings. The zero-order chi connectivity index (χ0) is 14.0. The van der Waals surface area contributed by atoms with Gasteiger partial charge in [-0.2, -0.15) is 0 Å². The van der Waals surface area contributed by atoms with E-state index >= 15 is 0 Å². The molecule has 0 saturated heterocycles. The molecule has 0 aromatic heterocycles. The highest BCUT2D eigenvalue weighted by molar-refractivity contribution is 6.42. The number of alkyl halides is 1. The molecule has 2 aromatic carbocycles. The van der Waals surface area contributed by atoms with Crippen LogP contribution in [0.5, 0.6) is 0 Å². The predicted octanol–water partition coefficient (Wildman–Crippen LogP) is 6.48. The standard InChI is InChI=1S/C15H12Cl4/c1-9-3-2-4-11(15(9)19)13(17)7-10-5-6-12(16)14(18)8-10/h2-6,8,13H,7H2,1H3. The molecule has 0 aliphatic rings. The molecule has 0 N–H and O–H groups in total. The van der Waals surface area contributed by atoms with E-state index in [9.17, 15) is 0 Å². The zero-order valence-corrected chi connectivity index (χ0v) is 13.3. The van der Waals surface area contributed by atoms with Crippen LogP contribution in [0.15, 0.2) is 36.4 Å². The van der Waals surface area contributed by atoms with E-state index in [2.05, 4.69) is 0 Å². The van der Waals surface area contributed by atoms with Gasteiger partial charge in [0.15, 0.2) is 0 Å². The van der Waals surface area contributed by atoms with Crippen LogP contribution in [-0.4, -0.2) is 0 Å². The Morgan fingerprint density at radius 3 is 2.42 bits per heavy atom. The fourth-order valence-electron chi connectivity index (χ4n) is 1.90. The summed E-state index contributed by atoms with van der Waals surface area (Å²) in [6.07, 6.45) is 0.654. The van der Waals surface area contributed by atoms with Gasteiger partial charge in [0, 0.05) is 5.02 Å². The summed E-state index contributed by atoms with van der Waals surface area (Å²) in [5.41, 5.74) is 3.00. The van der Waals surface area contributed by atoms with Gasteiger partial charge in [-0.1, -0.05) is 59.1 Å². The molecule has 0 aliphatic carbocycles. The molecule has 0 nitrogen and oxygen atoms in total. The number of rotatable bonds is 3. The van der Waals surface area contributed by atoms with E-state index in [4.69, 9.17) is 46.4 Å². The Hall–Kier alpha value is -0.400. The Morgan fingerprint density at radius 2 is 1.74 bits per heavy atom. The fourth-order valence-corrected chi connectivity index (χ4v) is 2.89. The predicted molar refractivity (Wildman–Crippen MR) is 84.9 cm³/mol. The number of benzene rings is 2. The Morgan fingerprint density at radius 1 is 1.00 bits per heavy atom. The highest BCUT2D eigenvalue weighted by atomic mass is 35.5. The second kappa shape index (κ2) is 6.37. The lowest BCUT2D eigenvalue weighted by molar-refractivity contribution is 0.918. The van der Waals surface area contributed by atoms with Gasteiger partial charge >= 0.3 is 0 Å². The largest absolute Gasteiger partial charge is 0.117 e. The number of hydrogen-bond acceptors (Lipinski definition) is 0. The van der Waals surface area contributed by atoms with Crippen molar-refractivity contribution in [2.45, 2.75) is 18.7 Å². The lowest BCUT2D eigenvalue weighted by atomic mass is 10.0. The number of hydrogen-bond donors (Lipinski definition) is 0. The minimum absolute atomic E-state index is 0.190. The lowest BCUT2D eigenvalue weighted by Crippen LogP contribution is -1.98. The molecule has 2 rings (SSSR count). The molecule has 4 heteroatoms. The van der Waals surface area contributed by atoms with Crippen molar-refractivity contribution in [2.24, 2.45) is 0 Å². The number of aryl methyl sites for hydroxylation is 1. The van der Waals surface area contributed by atoms with Crippen molar-refractivity contribution in [2.75, 3.05) is 0 Å². The van der Waals surface area contributed by atoms with Gasteiger partial charge < -0.3 is 0 Å². The normalized spacial score (nSPS) is 12.5. The SMILES string of the molecule is Cc1cccc(C(Cl)Cc2ccc(Cl)c(Cl)c2)c1Cl. The summed E-state index contributed by atoms with van der Waals surface area (Å²) in [4.78, 5) is 0. The van der Waals surface area contributed by atoms with Crippen molar-refractivity contribution in [3.63, 3.8) is 0 Å². The van der Waals surface area contributed by atoms with E-state index in [0.717, 1.165) is 21.7 Å². The summed E-state index contributed by atoms with van der Waals surface area (Å²) in [6, 6.07) is 11.4. The molecule has 0 aliphatic heterocycles. The first-order valence-corrected chi connectivity index (χ1v) is 7.39. The van der Waals surface area contributed by atoms with E-state index in [0.29, 0.717) is 16.5 Å². The molecule has 100 valence electrons. The molecule has 1 atom stereocenters. The van der Waals surface area contributed by atoms with Crippen LogP contribution in [0.3, 0.4) is 0 Å². The van der Waals surface area contributed by atoms with Gasteiger partial charge in [-0.3, -0.25) is 0 Å². The molecule has 0 spiro atoms. The average Bonchev–Trinajstić information content (AvgIpc) is 2.37. The zero-order valence-electron chi connectivity index (χ0n) is 10.3. The Bertz CT molecular complexity index is 593. The highest BCUT2D eigenvalue weighted by Crippen LogP contribution is 2.33. The van der Waals surface area contributed by atoms with Crippen LogP contribution in [0, 0.1) is 6.92 Å². The lowest BCUT2D eigenvalue weighted by Gasteiger charge is -2.13. The molecule has 1 unspecified atom stereocenters. The second-order valence-electron chi connectivity index (χ2n) is 4.40. The first kappa shape index (κ1) is 15.0. The maximum atomic E-state index is 6.45. The van der Waals surface area contributed by atoms with Crippen molar-refractivity contribution >= 4 is 46.4 Å². The van der Waals surface area contributed by atoms with Crippen LogP contribution >= 0.6 is 46.4 Å². The van der Waals surface area contributed by atoms with Gasteiger partial charge in [-0.15, -0.1) is 11.6 Å². The second-order valence-corrected chi connectivity index (χ2v) is 6.12. The third-order valence-corrected chi connectivity index (χ3v) is 4.60. The van der Waals surface area contributed by atoms with E-state index in [-0.39, 0.29) is 5.38 Å². The molecule has 0 heterocycles. The Kier molecular flexibility index (Phi) is 5.03. The van der Waals surface area contributed by atoms with E-state index < -0.39 is 0 Å². The van der Waals surface area contributed by atoms with Crippen LogP contribution in [0.25, 0.3) is 0 Å². The highest BCUT2D eigenvalue weighted by Gasteiger charge is 2.14. The van der Waals surface area contributed by atoms with Gasteiger partial charge in [0.1, 0.15) is 0 Å². The van der Waals surface area contributed by atoms with Crippen molar-refractivity contribution in [1.82, 2.24) is 0 Å². The third kappa shape index (κ3) is 3.58. The average molecular weight is 334 g/mol. The first-order valence-electron chi connectivity index (χ1n) is 5.82. The summed E-state index contributed by atoms with van der Waals surface area (Å²) in [5, 5.41) is 1.62. The van der Waals surface area contributed by atoms with Crippen molar-refractivity contribution in [3.8, 4) is 0 Å². The quantitative estimate of drug-likeness (QED) is 0.564. The number of halogens is 4. The van der Waals surface area contributed by atoms with Crippen LogP contribution in [0.4, 0.5) is 0 Å². The monoisotopic (exact) mass is 332 g/mol. The molecule has 0 saturated carbocycles. The molecular formula is C15H12Cl4. The molecular weight excluding hydrogens is 322 g/mol.